The number of nitrogens with two attached hydrogens (primary N) is 1. The third-order valence-electron chi connectivity index (χ3n) is 1.74. The van der Waals surface area contributed by atoms with Crippen molar-refractivity contribution in [2.75, 3.05) is 6.54 Å². The van der Waals surface area contributed by atoms with E-state index in [0.29, 0.717) is 0 Å². The van der Waals surface area contributed by atoms with Gasteiger partial charge in [-0.1, -0.05) is 11.6 Å². The van der Waals surface area contributed by atoms with Gasteiger partial charge in [-0.3, -0.25) is 0 Å². The van der Waals surface area contributed by atoms with Gasteiger partial charge in [-0.05, 0) is 18.2 Å². The van der Waals surface area contributed by atoms with Crippen LogP contribution in [0.3, 0.4) is 0 Å². The number of alkyl halides is 3. The minimum Gasteiger partial charge on any atom is -0.478 e. The average molecular weight is 258 g/mol. The SMILES string of the molecule is NCC(Oc1ccc(F)cc1Cl)C(F)(F)F. The predicted molar refractivity (Wildman–Crippen MR) is 50.9 cm³/mol. The van der Waals surface area contributed by atoms with Gasteiger partial charge in [0, 0.05) is 6.54 Å². The lowest BCUT2D eigenvalue weighted by Crippen LogP contribution is -2.40. The van der Waals surface area contributed by atoms with Crippen LogP contribution in [0.4, 0.5) is 17.6 Å². The third kappa shape index (κ3) is 3.24. The zero-order valence-corrected chi connectivity index (χ0v) is 8.65. The van der Waals surface area contributed by atoms with Crippen LogP contribution in [-0.4, -0.2) is 18.8 Å². The first-order chi connectivity index (χ1) is 7.34. The Morgan fingerprint density at radius 1 is 1.38 bits per heavy atom. The first-order valence-electron chi connectivity index (χ1n) is 4.23. The molecule has 1 aromatic rings. The van der Waals surface area contributed by atoms with Crippen LogP contribution < -0.4 is 10.5 Å². The van der Waals surface area contributed by atoms with Crippen molar-refractivity contribution in [2.45, 2.75) is 12.3 Å². The molecule has 0 fully saturated rings. The highest BCUT2D eigenvalue weighted by Gasteiger charge is 2.41. The molecule has 0 aliphatic carbocycles. The van der Waals surface area contributed by atoms with E-state index in [-0.39, 0.29) is 10.8 Å². The Morgan fingerprint density at radius 3 is 2.44 bits per heavy atom. The molecule has 1 rings (SSSR count). The number of ether oxygens (including phenoxy) is 1. The first-order valence-corrected chi connectivity index (χ1v) is 4.61. The van der Waals surface area contributed by atoms with E-state index < -0.39 is 24.6 Å². The first kappa shape index (κ1) is 13.1. The Labute approximate surface area is 93.9 Å². The van der Waals surface area contributed by atoms with Crippen LogP contribution in [0.5, 0.6) is 5.75 Å². The minimum atomic E-state index is -4.59. The van der Waals surface area contributed by atoms with Gasteiger partial charge in [0.1, 0.15) is 11.6 Å². The Morgan fingerprint density at radius 2 is 2.00 bits per heavy atom. The molecule has 0 aliphatic rings. The van der Waals surface area contributed by atoms with E-state index in [2.05, 4.69) is 4.74 Å². The molecule has 0 saturated carbocycles. The van der Waals surface area contributed by atoms with Gasteiger partial charge in [0.15, 0.2) is 0 Å². The van der Waals surface area contributed by atoms with E-state index in [4.69, 9.17) is 17.3 Å². The lowest BCUT2D eigenvalue weighted by molar-refractivity contribution is -0.191. The van der Waals surface area contributed by atoms with Crippen molar-refractivity contribution >= 4 is 11.6 Å². The molecular weight excluding hydrogens is 250 g/mol. The van der Waals surface area contributed by atoms with Crippen LogP contribution >= 0.6 is 11.6 Å². The molecule has 1 unspecified atom stereocenters. The number of benzene rings is 1. The maximum Gasteiger partial charge on any atom is 0.426 e. The van der Waals surface area contributed by atoms with Crippen molar-refractivity contribution in [3.8, 4) is 5.75 Å². The molecule has 2 N–H and O–H groups in total. The van der Waals surface area contributed by atoms with Gasteiger partial charge < -0.3 is 10.5 Å². The lowest BCUT2D eigenvalue weighted by Gasteiger charge is -2.20. The smallest absolute Gasteiger partial charge is 0.426 e. The van der Waals surface area contributed by atoms with Gasteiger partial charge in [0.2, 0.25) is 6.10 Å². The third-order valence-corrected chi connectivity index (χ3v) is 2.04. The molecule has 0 amide bonds. The van der Waals surface area contributed by atoms with E-state index in [1.165, 1.54) is 0 Å². The largest absolute Gasteiger partial charge is 0.478 e. The molecule has 0 heterocycles. The van der Waals surface area contributed by atoms with Crippen LogP contribution in [0.25, 0.3) is 0 Å². The van der Waals surface area contributed by atoms with Gasteiger partial charge in [0.05, 0.1) is 5.02 Å². The summed E-state index contributed by atoms with van der Waals surface area (Å²) in [6, 6.07) is 2.83. The molecule has 16 heavy (non-hydrogen) atoms. The van der Waals surface area contributed by atoms with Gasteiger partial charge in [-0.2, -0.15) is 13.2 Å². The highest BCUT2D eigenvalue weighted by Crippen LogP contribution is 2.30. The quantitative estimate of drug-likeness (QED) is 0.845. The molecule has 0 aliphatic heterocycles. The average Bonchev–Trinajstić information content (AvgIpc) is 2.14. The zero-order chi connectivity index (χ0) is 12.3. The standard InChI is InChI=1S/C9H8ClF4NO/c10-6-3-5(11)1-2-7(6)16-8(4-15)9(12,13)14/h1-3,8H,4,15H2. The van der Waals surface area contributed by atoms with Gasteiger partial charge >= 0.3 is 6.18 Å². The monoisotopic (exact) mass is 257 g/mol. The Bertz CT molecular complexity index is 369. The fourth-order valence-electron chi connectivity index (χ4n) is 0.973. The summed E-state index contributed by atoms with van der Waals surface area (Å²) in [5.41, 5.74) is 4.92. The second kappa shape index (κ2) is 4.88. The highest BCUT2D eigenvalue weighted by molar-refractivity contribution is 6.32. The van der Waals surface area contributed by atoms with E-state index in [1.54, 1.807) is 0 Å². The summed E-state index contributed by atoms with van der Waals surface area (Å²) in [5.74, 6) is -0.913. The second-order valence-electron chi connectivity index (χ2n) is 2.96. The number of hydrogen-bond acceptors (Lipinski definition) is 2. The number of hydrogen-bond donors (Lipinski definition) is 1. The van der Waals surface area contributed by atoms with Crippen molar-refractivity contribution < 1.29 is 22.3 Å². The van der Waals surface area contributed by atoms with Crippen LogP contribution in [0.1, 0.15) is 0 Å². The minimum absolute atomic E-state index is 0.234. The summed E-state index contributed by atoms with van der Waals surface area (Å²) in [6.45, 7) is -0.739. The molecule has 1 aromatic carbocycles. The molecule has 0 spiro atoms. The summed E-state index contributed by atoms with van der Waals surface area (Å²) in [4.78, 5) is 0. The summed E-state index contributed by atoms with van der Waals surface area (Å²) in [5, 5.41) is -0.234. The van der Waals surface area contributed by atoms with E-state index in [1.807, 2.05) is 0 Å². The molecule has 7 heteroatoms. The molecule has 0 aromatic heterocycles. The van der Waals surface area contributed by atoms with Crippen LogP contribution in [0.15, 0.2) is 18.2 Å². The lowest BCUT2D eigenvalue weighted by atomic mass is 10.3. The normalized spacial score (nSPS) is 13.6. The summed E-state index contributed by atoms with van der Waals surface area (Å²) >= 11 is 5.51. The van der Waals surface area contributed by atoms with Crippen molar-refractivity contribution in [3.05, 3.63) is 29.0 Å². The van der Waals surface area contributed by atoms with Gasteiger partial charge in [0.25, 0.3) is 0 Å². The Kier molecular flexibility index (Phi) is 3.98. The van der Waals surface area contributed by atoms with Crippen molar-refractivity contribution in [2.24, 2.45) is 5.73 Å². The fraction of sp³-hybridized carbons (Fsp3) is 0.333. The molecule has 0 radical (unpaired) electrons. The van der Waals surface area contributed by atoms with E-state index >= 15 is 0 Å². The molecule has 90 valence electrons. The molecule has 2 nitrogen and oxygen atoms in total. The maximum atomic E-state index is 12.6. The van der Waals surface area contributed by atoms with Crippen LogP contribution in [0, 0.1) is 5.82 Å². The summed E-state index contributed by atoms with van der Waals surface area (Å²) < 4.78 is 54.1. The number of halogens is 5. The van der Waals surface area contributed by atoms with Crippen LogP contribution in [-0.2, 0) is 0 Å². The fourth-order valence-corrected chi connectivity index (χ4v) is 1.18. The maximum absolute atomic E-state index is 12.6. The van der Waals surface area contributed by atoms with Crippen molar-refractivity contribution in [3.63, 3.8) is 0 Å². The van der Waals surface area contributed by atoms with Crippen molar-refractivity contribution in [1.82, 2.24) is 0 Å². The van der Waals surface area contributed by atoms with E-state index in [9.17, 15) is 17.6 Å². The predicted octanol–water partition coefficient (Wildman–Crippen LogP) is 2.75. The molecule has 0 bridgehead atoms. The molecule has 0 saturated heterocycles. The Hall–Kier alpha value is -1.01. The summed E-state index contributed by atoms with van der Waals surface area (Å²) in [7, 11) is 0. The van der Waals surface area contributed by atoms with Gasteiger partial charge in [-0.15, -0.1) is 0 Å². The number of rotatable bonds is 3. The summed E-state index contributed by atoms with van der Waals surface area (Å²) in [6.07, 6.45) is -6.75. The molecular formula is C9H8ClF4NO. The van der Waals surface area contributed by atoms with Crippen molar-refractivity contribution in [1.29, 1.82) is 0 Å². The zero-order valence-electron chi connectivity index (χ0n) is 7.89. The van der Waals surface area contributed by atoms with E-state index in [0.717, 1.165) is 18.2 Å². The topological polar surface area (TPSA) is 35.2 Å². The molecule has 1 atom stereocenters. The van der Waals surface area contributed by atoms with Crippen LogP contribution in [0.2, 0.25) is 5.02 Å². The van der Waals surface area contributed by atoms with Gasteiger partial charge in [-0.25, -0.2) is 4.39 Å². The highest BCUT2D eigenvalue weighted by atomic mass is 35.5. The Balaban J connectivity index is 2.86. The second-order valence-corrected chi connectivity index (χ2v) is 3.37.